The van der Waals surface area contributed by atoms with E-state index in [-0.39, 0.29) is 11.8 Å². The number of rotatable bonds is 3. The number of carbonyl (C=O) groups excluding carboxylic acids is 2. The molecule has 0 bridgehead atoms. The third kappa shape index (κ3) is 3.99. The highest BCUT2D eigenvalue weighted by Gasteiger charge is 2.48. The van der Waals surface area contributed by atoms with Gasteiger partial charge in [-0.1, -0.05) is 30.3 Å². The predicted octanol–water partition coefficient (Wildman–Crippen LogP) is 2.35. The number of hydrogen-bond acceptors (Lipinski definition) is 4. The van der Waals surface area contributed by atoms with E-state index >= 15 is 0 Å². The largest absolute Gasteiger partial charge is 0.352 e. The fourth-order valence-corrected chi connectivity index (χ4v) is 5.18. The number of imidazole rings is 1. The van der Waals surface area contributed by atoms with Gasteiger partial charge in [0.25, 0.3) is 5.91 Å². The zero-order valence-electron chi connectivity index (χ0n) is 17.9. The third-order valence-corrected chi connectivity index (χ3v) is 6.92. The summed E-state index contributed by atoms with van der Waals surface area (Å²) in [6, 6.07) is 9.86. The second-order valence-electron chi connectivity index (χ2n) is 8.93. The molecule has 2 aromatic rings. The van der Waals surface area contributed by atoms with E-state index < -0.39 is 11.7 Å². The van der Waals surface area contributed by atoms with Crippen molar-refractivity contribution in [1.82, 2.24) is 19.4 Å². The van der Waals surface area contributed by atoms with Gasteiger partial charge in [0.15, 0.2) is 6.10 Å². The van der Waals surface area contributed by atoms with Crippen LogP contribution in [0.3, 0.4) is 0 Å². The van der Waals surface area contributed by atoms with E-state index in [1.807, 2.05) is 46.3 Å². The molecule has 4 heterocycles. The average Bonchev–Trinajstić information content (AvgIpc) is 3.30. The first-order chi connectivity index (χ1) is 15.1. The minimum atomic E-state index is -0.596. The molecular formula is C24H30N4O3. The van der Waals surface area contributed by atoms with Crippen LogP contribution in [0.15, 0.2) is 42.7 Å². The van der Waals surface area contributed by atoms with E-state index in [0.29, 0.717) is 38.9 Å². The zero-order chi connectivity index (χ0) is 21.3. The summed E-state index contributed by atoms with van der Waals surface area (Å²) in [5.41, 5.74) is 0.436. The molecule has 5 rings (SSSR count). The molecule has 2 fully saturated rings. The van der Waals surface area contributed by atoms with Crippen LogP contribution in [0, 0.1) is 0 Å². The van der Waals surface area contributed by atoms with Gasteiger partial charge >= 0.3 is 0 Å². The Morgan fingerprint density at radius 3 is 2.48 bits per heavy atom. The molecule has 3 aliphatic heterocycles. The number of benzene rings is 1. The van der Waals surface area contributed by atoms with Crippen LogP contribution >= 0.6 is 0 Å². The molecule has 0 N–H and O–H groups in total. The SMILES string of the molecule is O=C(Cc1ccccc1)N1CCC2(CC1)O[C@H](C(=O)N1CCCCC1)Cn1ccnc12. The molecule has 7 nitrogen and oxygen atoms in total. The van der Waals surface area contributed by atoms with Crippen molar-refractivity contribution in [1.29, 1.82) is 0 Å². The maximum atomic E-state index is 13.2. The first-order valence-electron chi connectivity index (χ1n) is 11.4. The summed E-state index contributed by atoms with van der Waals surface area (Å²) in [5.74, 6) is 1.13. The Morgan fingerprint density at radius 2 is 1.74 bits per heavy atom. The second kappa shape index (κ2) is 8.46. The lowest BCUT2D eigenvalue weighted by atomic mass is 9.88. The van der Waals surface area contributed by atoms with E-state index in [1.54, 1.807) is 6.20 Å². The van der Waals surface area contributed by atoms with Crippen molar-refractivity contribution < 1.29 is 14.3 Å². The molecule has 2 saturated heterocycles. The van der Waals surface area contributed by atoms with Crippen LogP contribution in [0.2, 0.25) is 0 Å². The molecule has 164 valence electrons. The Bertz CT molecular complexity index is 927. The standard InChI is InChI=1S/C24H30N4O3/c29-21(17-19-7-3-1-4-8-19)26-14-9-24(10-15-26)23-25-11-16-28(23)18-20(31-24)22(30)27-12-5-2-6-13-27/h1,3-4,7-8,11,16,20H,2,5-6,9-10,12-15,17-18H2/t20-/m0/s1. The minimum Gasteiger partial charge on any atom is -0.352 e. The number of piperidine rings is 2. The highest BCUT2D eigenvalue weighted by molar-refractivity contribution is 5.81. The van der Waals surface area contributed by atoms with Gasteiger partial charge in [-0.15, -0.1) is 0 Å². The Labute approximate surface area is 183 Å². The highest BCUT2D eigenvalue weighted by atomic mass is 16.5. The average molecular weight is 423 g/mol. The van der Waals surface area contributed by atoms with Crippen molar-refractivity contribution in [3.63, 3.8) is 0 Å². The van der Waals surface area contributed by atoms with Gasteiger partial charge < -0.3 is 19.1 Å². The normalized spacial score (nSPS) is 22.9. The smallest absolute Gasteiger partial charge is 0.253 e. The lowest BCUT2D eigenvalue weighted by molar-refractivity contribution is -0.183. The van der Waals surface area contributed by atoms with E-state index in [1.165, 1.54) is 6.42 Å². The minimum absolute atomic E-state index is 0.0982. The number of likely N-dealkylation sites (tertiary alicyclic amines) is 2. The number of hydrogen-bond donors (Lipinski definition) is 0. The maximum absolute atomic E-state index is 13.2. The Hall–Kier alpha value is -2.67. The molecule has 0 saturated carbocycles. The Kier molecular flexibility index (Phi) is 5.52. The van der Waals surface area contributed by atoms with Crippen LogP contribution in [-0.2, 0) is 32.9 Å². The number of ether oxygens (including phenoxy) is 1. The predicted molar refractivity (Wildman–Crippen MR) is 115 cm³/mol. The molecule has 31 heavy (non-hydrogen) atoms. The molecular weight excluding hydrogens is 392 g/mol. The van der Waals surface area contributed by atoms with Crippen LogP contribution in [0.25, 0.3) is 0 Å². The van der Waals surface area contributed by atoms with Crippen molar-refractivity contribution in [2.24, 2.45) is 0 Å². The lowest BCUT2D eigenvalue weighted by Gasteiger charge is -2.46. The molecule has 0 radical (unpaired) electrons. The van der Waals surface area contributed by atoms with Crippen LogP contribution in [0.5, 0.6) is 0 Å². The van der Waals surface area contributed by atoms with E-state index in [4.69, 9.17) is 4.74 Å². The van der Waals surface area contributed by atoms with E-state index in [9.17, 15) is 9.59 Å². The summed E-state index contributed by atoms with van der Waals surface area (Å²) in [4.78, 5) is 34.5. The fourth-order valence-electron chi connectivity index (χ4n) is 5.18. The molecule has 1 aromatic carbocycles. The Balaban J connectivity index is 1.29. The molecule has 3 aliphatic rings. The van der Waals surface area contributed by atoms with Gasteiger partial charge in [-0.3, -0.25) is 9.59 Å². The summed E-state index contributed by atoms with van der Waals surface area (Å²) in [6.45, 7) is 3.39. The third-order valence-electron chi connectivity index (χ3n) is 6.92. The summed E-state index contributed by atoms with van der Waals surface area (Å²) in [7, 11) is 0. The first kappa shape index (κ1) is 20.2. The number of fused-ring (bicyclic) bond motifs is 2. The zero-order valence-corrected chi connectivity index (χ0v) is 17.9. The number of nitrogens with zero attached hydrogens (tertiary/aromatic N) is 4. The first-order valence-corrected chi connectivity index (χ1v) is 11.4. The van der Waals surface area contributed by atoms with Crippen molar-refractivity contribution in [3.8, 4) is 0 Å². The molecule has 2 amide bonds. The molecule has 1 spiro atoms. The summed E-state index contributed by atoms with van der Waals surface area (Å²) < 4.78 is 8.63. The topological polar surface area (TPSA) is 67.7 Å². The summed E-state index contributed by atoms with van der Waals surface area (Å²) in [6.07, 6.45) is 8.33. The lowest BCUT2D eigenvalue weighted by Crippen LogP contribution is -2.55. The second-order valence-corrected chi connectivity index (χ2v) is 8.93. The van der Waals surface area contributed by atoms with E-state index in [2.05, 4.69) is 9.55 Å². The molecule has 0 aliphatic carbocycles. The van der Waals surface area contributed by atoms with Crippen LogP contribution in [0.4, 0.5) is 0 Å². The van der Waals surface area contributed by atoms with Gasteiger partial charge in [0, 0.05) is 51.4 Å². The van der Waals surface area contributed by atoms with Gasteiger partial charge in [-0.25, -0.2) is 4.98 Å². The number of carbonyl (C=O) groups is 2. The van der Waals surface area contributed by atoms with Gasteiger partial charge in [0.1, 0.15) is 11.4 Å². The maximum Gasteiger partial charge on any atom is 0.253 e. The van der Waals surface area contributed by atoms with Gasteiger partial charge in [-0.05, 0) is 24.8 Å². The van der Waals surface area contributed by atoms with Crippen LogP contribution < -0.4 is 0 Å². The van der Waals surface area contributed by atoms with E-state index in [0.717, 1.165) is 37.3 Å². The van der Waals surface area contributed by atoms with Crippen molar-refractivity contribution in [2.45, 2.75) is 56.8 Å². The fraction of sp³-hybridized carbons (Fsp3) is 0.542. The highest BCUT2D eigenvalue weighted by Crippen LogP contribution is 2.40. The Morgan fingerprint density at radius 1 is 1.00 bits per heavy atom. The molecule has 1 aromatic heterocycles. The summed E-state index contributed by atoms with van der Waals surface area (Å²) in [5, 5.41) is 0. The summed E-state index contributed by atoms with van der Waals surface area (Å²) >= 11 is 0. The van der Waals surface area contributed by atoms with Crippen molar-refractivity contribution in [2.75, 3.05) is 26.2 Å². The van der Waals surface area contributed by atoms with Gasteiger partial charge in [0.05, 0.1) is 13.0 Å². The monoisotopic (exact) mass is 422 g/mol. The number of amides is 2. The van der Waals surface area contributed by atoms with Crippen LogP contribution in [0.1, 0.15) is 43.5 Å². The van der Waals surface area contributed by atoms with Gasteiger partial charge in [-0.2, -0.15) is 0 Å². The van der Waals surface area contributed by atoms with Crippen molar-refractivity contribution in [3.05, 3.63) is 54.1 Å². The molecule has 7 heteroatoms. The number of aromatic nitrogens is 2. The van der Waals surface area contributed by atoms with Crippen LogP contribution in [-0.4, -0.2) is 63.4 Å². The molecule has 1 atom stereocenters. The quantitative estimate of drug-likeness (QED) is 0.762. The molecule has 0 unspecified atom stereocenters. The van der Waals surface area contributed by atoms with Crippen molar-refractivity contribution >= 4 is 11.8 Å². The van der Waals surface area contributed by atoms with Gasteiger partial charge in [0.2, 0.25) is 5.91 Å².